The number of hydrogen-bond donors (Lipinski definition) is 0. The molecule has 4 nitrogen and oxygen atoms in total. The molecule has 0 aliphatic carbocycles. The Bertz CT molecular complexity index is 689. The van der Waals surface area contributed by atoms with Crippen molar-refractivity contribution in [1.82, 2.24) is 0 Å². The van der Waals surface area contributed by atoms with Crippen LogP contribution < -0.4 is 9.64 Å². The number of amides is 1. The number of hydrogen-bond acceptors (Lipinski definition) is 3. The largest absolute Gasteiger partial charge is 0.493 e. The fourth-order valence-electron chi connectivity index (χ4n) is 2.08. The van der Waals surface area contributed by atoms with Crippen molar-refractivity contribution in [3.05, 3.63) is 59.7 Å². The van der Waals surface area contributed by atoms with Crippen LogP contribution in [0.1, 0.15) is 22.8 Å². The van der Waals surface area contributed by atoms with Crippen molar-refractivity contribution in [2.24, 2.45) is 0 Å². The molecule has 0 aliphatic heterocycles. The molecule has 0 bridgehead atoms. The second-order valence-electron chi connectivity index (χ2n) is 4.42. The Kier molecular flexibility index (Phi) is 4.57. The molecule has 0 aromatic heterocycles. The van der Waals surface area contributed by atoms with E-state index in [1.807, 2.05) is 13.0 Å². The summed E-state index contributed by atoms with van der Waals surface area (Å²) in [6, 6.07) is 16.2. The second-order valence-corrected chi connectivity index (χ2v) is 4.42. The lowest BCUT2D eigenvalue weighted by Gasteiger charge is -2.20. The molecule has 0 radical (unpaired) electrons. The molecule has 2 aromatic carbocycles. The normalized spacial score (nSPS) is 9.76. The lowest BCUT2D eigenvalue weighted by Crippen LogP contribution is -2.27. The average Bonchev–Trinajstić information content (AvgIpc) is 2.54. The van der Waals surface area contributed by atoms with E-state index in [0.717, 1.165) is 0 Å². The van der Waals surface area contributed by atoms with E-state index in [-0.39, 0.29) is 5.91 Å². The summed E-state index contributed by atoms with van der Waals surface area (Å²) >= 11 is 0. The van der Waals surface area contributed by atoms with E-state index < -0.39 is 0 Å². The highest BCUT2D eigenvalue weighted by molar-refractivity contribution is 6.08. The topological polar surface area (TPSA) is 53.3 Å². The number of para-hydroxylation sites is 2. The lowest BCUT2D eigenvalue weighted by molar-refractivity contribution is 0.0989. The summed E-state index contributed by atoms with van der Waals surface area (Å²) in [6.45, 7) is 2.36. The molecule has 0 saturated carbocycles. The zero-order valence-electron chi connectivity index (χ0n) is 12.0. The molecule has 4 heteroatoms. The Hall–Kier alpha value is -2.80. The predicted octanol–water partition coefficient (Wildman–Crippen LogP) is 3.23. The Labute approximate surface area is 124 Å². The number of anilines is 1. The summed E-state index contributed by atoms with van der Waals surface area (Å²) in [5.74, 6) is 0.341. The van der Waals surface area contributed by atoms with Crippen molar-refractivity contribution >= 4 is 11.6 Å². The number of ether oxygens (including phenoxy) is 1. The van der Waals surface area contributed by atoms with E-state index in [1.54, 1.807) is 49.5 Å². The number of nitriles is 1. The van der Waals surface area contributed by atoms with E-state index in [2.05, 4.69) is 6.07 Å². The molecule has 0 aliphatic rings. The van der Waals surface area contributed by atoms with Gasteiger partial charge < -0.3 is 9.64 Å². The van der Waals surface area contributed by atoms with E-state index in [1.165, 1.54) is 4.90 Å². The molecule has 21 heavy (non-hydrogen) atoms. The number of carbonyl (C=O) groups excluding carboxylic acids is 1. The van der Waals surface area contributed by atoms with E-state index in [4.69, 9.17) is 10.00 Å². The summed E-state index contributed by atoms with van der Waals surface area (Å²) in [5.41, 5.74) is 1.52. The maximum atomic E-state index is 12.6. The van der Waals surface area contributed by atoms with Crippen LogP contribution in [0.4, 0.5) is 5.69 Å². The summed E-state index contributed by atoms with van der Waals surface area (Å²) in [7, 11) is 1.65. The van der Waals surface area contributed by atoms with Gasteiger partial charge in [-0.3, -0.25) is 4.79 Å². The number of nitrogens with zero attached hydrogens (tertiary/aromatic N) is 2. The first-order valence-electron chi connectivity index (χ1n) is 6.68. The highest BCUT2D eigenvalue weighted by Gasteiger charge is 2.19. The van der Waals surface area contributed by atoms with Gasteiger partial charge in [-0.25, -0.2) is 0 Å². The highest BCUT2D eigenvalue weighted by Crippen LogP contribution is 2.24. The van der Waals surface area contributed by atoms with Gasteiger partial charge in [0.1, 0.15) is 11.8 Å². The quantitative estimate of drug-likeness (QED) is 0.864. The number of rotatable bonds is 4. The predicted molar refractivity (Wildman–Crippen MR) is 81.5 cm³/mol. The highest BCUT2D eigenvalue weighted by atomic mass is 16.5. The van der Waals surface area contributed by atoms with E-state index >= 15 is 0 Å². The smallest absolute Gasteiger partial charge is 0.261 e. The fourth-order valence-corrected chi connectivity index (χ4v) is 2.08. The maximum Gasteiger partial charge on any atom is 0.261 e. The standard InChI is InChI=1S/C17H16N2O2/c1-3-21-16-11-7-5-9-14(16)17(20)19(2)15-10-6-4-8-13(15)12-18/h4-11H,3H2,1-2H3. The Morgan fingerprint density at radius 2 is 1.86 bits per heavy atom. The lowest BCUT2D eigenvalue weighted by atomic mass is 10.1. The third-order valence-corrected chi connectivity index (χ3v) is 3.11. The van der Waals surface area contributed by atoms with Crippen LogP contribution in [0.15, 0.2) is 48.5 Å². The first-order valence-corrected chi connectivity index (χ1v) is 6.68. The number of benzene rings is 2. The Balaban J connectivity index is 2.38. The molecule has 106 valence electrons. The molecular weight excluding hydrogens is 264 g/mol. The molecule has 0 spiro atoms. The minimum absolute atomic E-state index is 0.207. The molecule has 2 aromatic rings. The van der Waals surface area contributed by atoms with Crippen LogP contribution in [-0.2, 0) is 0 Å². The van der Waals surface area contributed by atoms with Gasteiger partial charge in [-0.2, -0.15) is 5.26 Å². The molecule has 2 rings (SSSR count). The van der Waals surface area contributed by atoms with Crippen LogP contribution in [0.25, 0.3) is 0 Å². The maximum absolute atomic E-state index is 12.6. The number of carbonyl (C=O) groups is 1. The average molecular weight is 280 g/mol. The van der Waals surface area contributed by atoms with Gasteiger partial charge in [0.25, 0.3) is 5.91 Å². The third kappa shape index (κ3) is 3.03. The summed E-state index contributed by atoms with van der Waals surface area (Å²) in [4.78, 5) is 14.1. The molecule has 0 saturated heterocycles. The second kappa shape index (κ2) is 6.58. The van der Waals surface area contributed by atoms with Crippen molar-refractivity contribution in [3.63, 3.8) is 0 Å². The Morgan fingerprint density at radius 3 is 2.57 bits per heavy atom. The third-order valence-electron chi connectivity index (χ3n) is 3.11. The van der Waals surface area contributed by atoms with Gasteiger partial charge in [-0.15, -0.1) is 0 Å². The minimum Gasteiger partial charge on any atom is -0.493 e. The van der Waals surface area contributed by atoms with Crippen LogP contribution >= 0.6 is 0 Å². The van der Waals surface area contributed by atoms with Crippen molar-refractivity contribution < 1.29 is 9.53 Å². The monoisotopic (exact) mass is 280 g/mol. The first kappa shape index (κ1) is 14.6. The van der Waals surface area contributed by atoms with Gasteiger partial charge >= 0.3 is 0 Å². The SMILES string of the molecule is CCOc1ccccc1C(=O)N(C)c1ccccc1C#N. The van der Waals surface area contributed by atoms with Gasteiger partial charge in [0.05, 0.1) is 23.4 Å². The summed E-state index contributed by atoms with van der Waals surface area (Å²) in [5, 5.41) is 9.15. The molecular formula is C17H16N2O2. The molecule has 0 unspecified atom stereocenters. The molecule has 0 atom stereocenters. The van der Waals surface area contributed by atoms with Crippen molar-refractivity contribution in [2.75, 3.05) is 18.6 Å². The first-order chi connectivity index (χ1) is 10.2. The zero-order chi connectivity index (χ0) is 15.2. The molecule has 0 heterocycles. The van der Waals surface area contributed by atoms with Crippen LogP contribution in [0.2, 0.25) is 0 Å². The van der Waals surface area contributed by atoms with Crippen LogP contribution in [-0.4, -0.2) is 19.6 Å². The van der Waals surface area contributed by atoms with Crippen molar-refractivity contribution in [1.29, 1.82) is 5.26 Å². The fraction of sp³-hybridized carbons (Fsp3) is 0.176. The van der Waals surface area contributed by atoms with E-state index in [9.17, 15) is 4.79 Å². The van der Waals surface area contributed by atoms with Crippen LogP contribution in [0.5, 0.6) is 5.75 Å². The molecule has 0 fully saturated rings. The Morgan fingerprint density at radius 1 is 1.19 bits per heavy atom. The van der Waals surface area contributed by atoms with Gasteiger partial charge in [0.15, 0.2) is 0 Å². The summed E-state index contributed by atoms with van der Waals surface area (Å²) < 4.78 is 5.49. The van der Waals surface area contributed by atoms with Crippen molar-refractivity contribution in [3.8, 4) is 11.8 Å². The van der Waals surface area contributed by atoms with Gasteiger partial charge in [-0.05, 0) is 31.2 Å². The van der Waals surface area contributed by atoms with Crippen molar-refractivity contribution in [2.45, 2.75) is 6.92 Å². The van der Waals surface area contributed by atoms with Gasteiger partial charge in [0.2, 0.25) is 0 Å². The minimum atomic E-state index is -0.207. The van der Waals surface area contributed by atoms with Crippen LogP contribution in [0.3, 0.4) is 0 Å². The van der Waals surface area contributed by atoms with Gasteiger partial charge in [0, 0.05) is 7.05 Å². The molecule has 0 N–H and O–H groups in total. The van der Waals surface area contributed by atoms with Crippen LogP contribution in [0, 0.1) is 11.3 Å². The van der Waals surface area contributed by atoms with E-state index in [0.29, 0.717) is 29.2 Å². The zero-order valence-corrected chi connectivity index (χ0v) is 12.0. The summed E-state index contributed by atoms with van der Waals surface area (Å²) in [6.07, 6.45) is 0. The van der Waals surface area contributed by atoms with Gasteiger partial charge in [-0.1, -0.05) is 24.3 Å². The molecule has 1 amide bonds.